The Bertz CT molecular complexity index is 775. The van der Waals surface area contributed by atoms with Crippen LogP contribution in [-0.2, 0) is 5.41 Å². The van der Waals surface area contributed by atoms with Crippen LogP contribution in [0, 0.1) is 0 Å². The van der Waals surface area contributed by atoms with Crippen molar-refractivity contribution in [3.8, 4) is 0 Å². The molecule has 0 aliphatic rings. The molecule has 0 aliphatic carbocycles. The van der Waals surface area contributed by atoms with E-state index in [2.05, 4.69) is 187 Å². The van der Waals surface area contributed by atoms with Gasteiger partial charge in [-0.1, -0.05) is 126 Å². The molecule has 0 spiro atoms. The van der Waals surface area contributed by atoms with Crippen LogP contribution in [0.5, 0.6) is 0 Å². The van der Waals surface area contributed by atoms with E-state index in [0.717, 1.165) is 33.5 Å². The SMILES string of the molecule is Brc1c(Br)c(Br)c(C(c2ccccc2)(C(Br)(Br)Br)C(Br)(Br)Br)c(Br)c1Br. The van der Waals surface area contributed by atoms with E-state index in [0.29, 0.717) is 0 Å². The molecule has 0 heterocycles. The summed E-state index contributed by atoms with van der Waals surface area (Å²) in [6.07, 6.45) is 0. The lowest BCUT2D eigenvalue weighted by Gasteiger charge is -2.48. The van der Waals surface area contributed by atoms with E-state index in [9.17, 15) is 0 Å². The van der Waals surface area contributed by atoms with Gasteiger partial charge in [0.05, 0.1) is 5.41 Å². The van der Waals surface area contributed by atoms with Crippen molar-refractivity contribution in [3.05, 3.63) is 63.8 Å². The standard InChI is InChI=1S/C15H5Br11/c16-8-7(9(17)11(19)12(20)10(8)18)13(14(21,22)23,15(24,25)26)6-4-2-1-3-5-6/h1-5H. The van der Waals surface area contributed by atoms with Crippen molar-refractivity contribution in [2.75, 3.05) is 0 Å². The summed E-state index contributed by atoms with van der Waals surface area (Å²) in [5.41, 5.74) is 1.23. The molecule has 0 amide bonds. The summed E-state index contributed by atoms with van der Waals surface area (Å²) in [5, 5.41) is 0. The minimum atomic E-state index is -0.759. The van der Waals surface area contributed by atoms with Gasteiger partial charge >= 0.3 is 0 Å². The maximum absolute atomic E-state index is 3.81. The van der Waals surface area contributed by atoms with Gasteiger partial charge in [-0.15, -0.1) is 0 Å². The molecule has 142 valence electrons. The molecule has 0 bridgehead atoms. The highest BCUT2D eigenvalue weighted by atomic mass is 80.0. The third kappa shape index (κ3) is 4.58. The van der Waals surface area contributed by atoms with Crippen molar-refractivity contribution in [1.82, 2.24) is 0 Å². The van der Waals surface area contributed by atoms with Gasteiger partial charge in [0.25, 0.3) is 0 Å². The van der Waals surface area contributed by atoms with E-state index in [-0.39, 0.29) is 0 Å². The molecule has 2 aromatic carbocycles. The first-order chi connectivity index (χ1) is 11.8. The summed E-state index contributed by atoms with van der Waals surface area (Å²) < 4.78 is 2.93. The summed E-state index contributed by atoms with van der Waals surface area (Å²) >= 11 is 41.4. The van der Waals surface area contributed by atoms with Gasteiger partial charge in [-0.2, -0.15) is 0 Å². The number of hydrogen-bond acceptors (Lipinski definition) is 0. The fourth-order valence-electron chi connectivity index (χ4n) is 2.54. The highest BCUT2D eigenvalue weighted by Gasteiger charge is 2.62. The Morgan fingerprint density at radius 2 is 0.846 bits per heavy atom. The van der Waals surface area contributed by atoms with Crippen molar-refractivity contribution < 1.29 is 0 Å². The summed E-state index contributed by atoms with van der Waals surface area (Å²) in [4.78, 5) is 0. The Morgan fingerprint density at radius 3 is 1.19 bits per heavy atom. The molecule has 0 radical (unpaired) electrons. The molecule has 0 saturated heterocycles. The van der Waals surface area contributed by atoms with Crippen molar-refractivity contribution >= 4 is 175 Å². The molecule has 0 aliphatic heterocycles. The van der Waals surface area contributed by atoms with E-state index in [4.69, 9.17) is 0 Å². The van der Waals surface area contributed by atoms with Gasteiger partial charge in [-0.05, 0) is 90.8 Å². The fraction of sp³-hybridized carbons (Fsp3) is 0.200. The van der Waals surface area contributed by atoms with Crippen molar-refractivity contribution in [2.45, 2.75) is 9.70 Å². The molecule has 0 saturated carbocycles. The van der Waals surface area contributed by atoms with Gasteiger partial charge in [0.2, 0.25) is 0 Å². The predicted octanol–water partition coefficient (Wildman–Crippen LogP) is 11.5. The Labute approximate surface area is 244 Å². The monoisotopic (exact) mass is 1050 g/mol. The van der Waals surface area contributed by atoms with E-state index >= 15 is 0 Å². The van der Waals surface area contributed by atoms with Crippen LogP contribution in [0.15, 0.2) is 52.7 Å². The molecule has 0 unspecified atom stereocenters. The van der Waals surface area contributed by atoms with Crippen molar-refractivity contribution in [2.24, 2.45) is 0 Å². The normalized spacial score (nSPS) is 13.2. The van der Waals surface area contributed by atoms with E-state index < -0.39 is 9.70 Å². The smallest absolute Gasteiger partial charge is 0.0622 e. The van der Waals surface area contributed by atoms with Crippen LogP contribution in [0.3, 0.4) is 0 Å². The van der Waals surface area contributed by atoms with Gasteiger partial charge in [0, 0.05) is 22.4 Å². The van der Waals surface area contributed by atoms with Gasteiger partial charge in [-0.25, -0.2) is 0 Å². The van der Waals surface area contributed by atoms with Crippen LogP contribution in [-0.4, -0.2) is 4.29 Å². The number of halogens is 11. The van der Waals surface area contributed by atoms with Gasteiger partial charge < -0.3 is 0 Å². The maximum atomic E-state index is 3.81. The zero-order valence-corrected chi connectivity index (χ0v) is 29.5. The first-order valence-corrected chi connectivity index (χ1v) is 15.2. The topological polar surface area (TPSA) is 0 Å². The third-order valence-corrected chi connectivity index (χ3v) is 13.3. The van der Waals surface area contributed by atoms with Crippen LogP contribution >= 0.6 is 175 Å². The molecule has 0 atom stereocenters. The molecule has 11 heteroatoms. The summed E-state index contributed by atoms with van der Waals surface area (Å²) in [7, 11) is 0. The molecule has 0 N–H and O–H groups in total. The molecule has 0 aromatic heterocycles. The van der Waals surface area contributed by atoms with E-state index in [1.165, 1.54) is 0 Å². The van der Waals surface area contributed by atoms with Gasteiger partial charge in [-0.3, -0.25) is 0 Å². The minimum Gasteiger partial charge on any atom is -0.0622 e. The molecule has 2 rings (SSSR count). The molecular formula is C15H5Br11. The van der Waals surface area contributed by atoms with E-state index in [1.807, 2.05) is 18.2 Å². The highest BCUT2D eigenvalue weighted by Crippen LogP contribution is 2.69. The van der Waals surface area contributed by atoms with E-state index in [1.54, 1.807) is 0 Å². The largest absolute Gasteiger partial charge is 0.151 e. The molecule has 0 nitrogen and oxygen atoms in total. The quantitative estimate of drug-likeness (QED) is 0.160. The Hall–Kier alpha value is 3.72. The summed E-state index contributed by atoms with van der Waals surface area (Å²) in [5.74, 6) is 0. The van der Waals surface area contributed by atoms with Crippen LogP contribution in [0.2, 0.25) is 0 Å². The molecule has 26 heavy (non-hydrogen) atoms. The van der Waals surface area contributed by atoms with Crippen molar-refractivity contribution in [3.63, 3.8) is 0 Å². The Morgan fingerprint density at radius 1 is 0.500 bits per heavy atom. The second-order valence-electron chi connectivity index (χ2n) is 5.06. The van der Waals surface area contributed by atoms with Crippen LogP contribution < -0.4 is 0 Å². The summed E-state index contributed by atoms with van der Waals surface area (Å²) in [6.45, 7) is 0. The van der Waals surface area contributed by atoms with Crippen LogP contribution in [0.4, 0.5) is 0 Å². The second-order valence-corrected chi connectivity index (χ2v) is 22.5. The average Bonchev–Trinajstić information content (AvgIpc) is 2.53. The van der Waals surface area contributed by atoms with Crippen LogP contribution in [0.1, 0.15) is 11.1 Å². The lowest BCUT2D eigenvalue weighted by molar-refractivity contribution is 0.594. The fourth-order valence-corrected chi connectivity index (χ4v) is 12.9. The second kappa shape index (κ2) is 9.69. The Balaban J connectivity index is 3.16. The van der Waals surface area contributed by atoms with Crippen LogP contribution in [0.25, 0.3) is 0 Å². The molecule has 2 aromatic rings. The lowest BCUT2D eigenvalue weighted by atomic mass is 9.77. The zero-order chi connectivity index (χ0) is 20.1. The minimum absolute atomic E-state index is 0.754. The van der Waals surface area contributed by atoms with Gasteiger partial charge in [0.1, 0.15) is 0 Å². The van der Waals surface area contributed by atoms with Crippen molar-refractivity contribution in [1.29, 1.82) is 0 Å². The highest BCUT2D eigenvalue weighted by molar-refractivity contribution is 9.41. The first kappa shape index (κ1) is 26.0. The number of alkyl halides is 6. The lowest BCUT2D eigenvalue weighted by Crippen LogP contribution is -2.50. The average molecular weight is 1060 g/mol. The number of rotatable bonds is 2. The third-order valence-electron chi connectivity index (χ3n) is 3.64. The molecule has 0 fully saturated rings. The maximum Gasteiger partial charge on any atom is 0.151 e. The van der Waals surface area contributed by atoms with Gasteiger partial charge in [0.15, 0.2) is 4.29 Å². The number of benzene rings is 2. The molecular weight excluding hydrogens is 1060 g/mol. The Kier molecular flexibility index (Phi) is 9.68. The predicted molar refractivity (Wildman–Crippen MR) is 151 cm³/mol. The zero-order valence-electron chi connectivity index (χ0n) is 12.0. The number of hydrogen-bond donors (Lipinski definition) is 0. The summed E-state index contributed by atoms with van der Waals surface area (Å²) in [6, 6.07) is 10.1. The first-order valence-electron chi connectivity index (χ1n) is 6.49.